The number of rotatable bonds is 38. The molecule has 4 heteroatoms. The average Bonchev–Trinajstić information content (AvgIpc) is 3.10. The third kappa shape index (κ3) is 31.3. The normalized spacial score (nSPS) is 15.2. The van der Waals surface area contributed by atoms with Crippen molar-refractivity contribution in [2.75, 3.05) is 39.3 Å². The lowest BCUT2D eigenvalue weighted by molar-refractivity contribution is -0.132. The number of ketones is 1. The number of hydrogen-bond donors (Lipinski definition) is 1. The molecule has 0 radical (unpaired) electrons. The quantitative estimate of drug-likeness (QED) is 0.0668. The zero-order chi connectivity index (χ0) is 33.7. The van der Waals surface area contributed by atoms with Crippen LogP contribution in [-0.2, 0) is 9.53 Å². The second-order valence-electron chi connectivity index (χ2n) is 15.2. The molecule has 0 aliphatic carbocycles. The predicted octanol–water partition coefficient (Wildman–Crippen LogP) is 12.8. The summed E-state index contributed by atoms with van der Waals surface area (Å²) in [5.41, 5.74) is 0. The SMILES string of the molecule is CCCCCCCCCCCCCCCCCCN(CCCCCCCCCCCCCCCCCC)CCC(=O)C1CNCCO1. The van der Waals surface area contributed by atoms with Gasteiger partial charge in [-0.25, -0.2) is 0 Å². The fourth-order valence-electron chi connectivity index (χ4n) is 7.30. The Morgan fingerprint density at radius 1 is 0.489 bits per heavy atom. The second kappa shape index (κ2) is 36.8. The predicted molar refractivity (Wildman–Crippen MR) is 208 cm³/mol. The van der Waals surface area contributed by atoms with Gasteiger partial charge in [0, 0.05) is 26.1 Å². The number of morpholine rings is 1. The molecule has 1 rings (SSSR count). The van der Waals surface area contributed by atoms with Crippen LogP contribution < -0.4 is 5.32 Å². The van der Waals surface area contributed by atoms with Gasteiger partial charge in [0.25, 0.3) is 0 Å². The molecule has 0 spiro atoms. The summed E-state index contributed by atoms with van der Waals surface area (Å²) in [6.07, 6.45) is 45.7. The van der Waals surface area contributed by atoms with Crippen molar-refractivity contribution in [3.8, 4) is 0 Å². The molecule has 1 fully saturated rings. The van der Waals surface area contributed by atoms with E-state index in [9.17, 15) is 4.79 Å². The third-order valence-corrected chi connectivity index (χ3v) is 10.6. The van der Waals surface area contributed by atoms with E-state index in [-0.39, 0.29) is 6.10 Å². The summed E-state index contributed by atoms with van der Waals surface area (Å²) < 4.78 is 5.73. The topological polar surface area (TPSA) is 41.6 Å². The largest absolute Gasteiger partial charge is 0.368 e. The second-order valence-corrected chi connectivity index (χ2v) is 15.2. The van der Waals surface area contributed by atoms with Crippen LogP contribution in [0.1, 0.15) is 226 Å². The number of unbranched alkanes of at least 4 members (excludes halogenated alkanes) is 30. The Morgan fingerprint density at radius 3 is 1.11 bits per heavy atom. The molecule has 0 saturated carbocycles. The maximum absolute atomic E-state index is 12.8. The number of Topliss-reactive ketones (excluding diaryl/α,β-unsaturated/α-hetero) is 1. The zero-order valence-electron chi connectivity index (χ0n) is 32.4. The van der Waals surface area contributed by atoms with E-state index in [1.54, 1.807) is 0 Å². The number of carbonyl (C=O) groups is 1. The minimum atomic E-state index is -0.225. The van der Waals surface area contributed by atoms with Gasteiger partial charge in [-0.1, -0.05) is 206 Å². The summed E-state index contributed by atoms with van der Waals surface area (Å²) in [5, 5.41) is 3.31. The number of nitrogens with zero attached hydrogens (tertiary/aromatic N) is 1. The molecule has 4 nitrogen and oxygen atoms in total. The number of hydrogen-bond acceptors (Lipinski definition) is 4. The van der Waals surface area contributed by atoms with Gasteiger partial charge in [0.15, 0.2) is 5.78 Å². The van der Waals surface area contributed by atoms with Gasteiger partial charge >= 0.3 is 0 Å². The van der Waals surface area contributed by atoms with Gasteiger partial charge in [0.1, 0.15) is 6.10 Å². The van der Waals surface area contributed by atoms with E-state index in [0.29, 0.717) is 25.4 Å². The van der Waals surface area contributed by atoms with Gasteiger partial charge in [0.2, 0.25) is 0 Å². The molecule has 1 N–H and O–H groups in total. The van der Waals surface area contributed by atoms with Gasteiger partial charge < -0.3 is 15.0 Å². The maximum Gasteiger partial charge on any atom is 0.164 e. The van der Waals surface area contributed by atoms with Crippen LogP contribution in [0.5, 0.6) is 0 Å². The van der Waals surface area contributed by atoms with Crippen molar-refractivity contribution in [2.24, 2.45) is 0 Å². The smallest absolute Gasteiger partial charge is 0.164 e. The number of nitrogens with one attached hydrogen (secondary N) is 1. The third-order valence-electron chi connectivity index (χ3n) is 10.6. The lowest BCUT2D eigenvalue weighted by Gasteiger charge is -2.25. The van der Waals surface area contributed by atoms with Crippen LogP contribution in [0.2, 0.25) is 0 Å². The van der Waals surface area contributed by atoms with Crippen LogP contribution in [0, 0.1) is 0 Å². The molecular formula is C43H86N2O2. The molecule has 1 aliphatic rings. The van der Waals surface area contributed by atoms with Crippen LogP contribution in [0.4, 0.5) is 0 Å². The summed E-state index contributed by atoms with van der Waals surface area (Å²) >= 11 is 0. The van der Waals surface area contributed by atoms with E-state index < -0.39 is 0 Å². The first-order chi connectivity index (χ1) is 23.3. The van der Waals surface area contributed by atoms with E-state index in [0.717, 1.165) is 26.2 Å². The molecule has 280 valence electrons. The van der Waals surface area contributed by atoms with Crippen molar-refractivity contribution in [1.82, 2.24) is 10.2 Å². The van der Waals surface area contributed by atoms with Gasteiger partial charge in [0.05, 0.1) is 6.61 Å². The Morgan fingerprint density at radius 2 is 0.809 bits per heavy atom. The van der Waals surface area contributed by atoms with Crippen LogP contribution in [0.3, 0.4) is 0 Å². The Hall–Kier alpha value is -0.450. The molecule has 1 saturated heterocycles. The minimum Gasteiger partial charge on any atom is -0.368 e. The van der Waals surface area contributed by atoms with E-state index in [1.165, 1.54) is 205 Å². The summed E-state index contributed by atoms with van der Waals surface area (Å²) in [7, 11) is 0. The Balaban J connectivity index is 2.06. The summed E-state index contributed by atoms with van der Waals surface area (Å²) in [5.74, 6) is 0.293. The first-order valence-electron chi connectivity index (χ1n) is 21.8. The highest BCUT2D eigenvalue weighted by molar-refractivity contribution is 5.83. The maximum atomic E-state index is 12.8. The van der Waals surface area contributed by atoms with Gasteiger partial charge in [-0.05, 0) is 25.9 Å². The Labute approximate surface area is 296 Å². The van der Waals surface area contributed by atoms with Crippen LogP contribution in [0.25, 0.3) is 0 Å². The van der Waals surface area contributed by atoms with Crippen molar-refractivity contribution in [3.63, 3.8) is 0 Å². The highest BCUT2D eigenvalue weighted by Crippen LogP contribution is 2.16. The van der Waals surface area contributed by atoms with Crippen molar-refractivity contribution in [2.45, 2.75) is 232 Å². The molecule has 0 amide bonds. The van der Waals surface area contributed by atoms with E-state index >= 15 is 0 Å². The lowest BCUT2D eigenvalue weighted by atomic mass is 10.0. The summed E-state index contributed by atoms with van der Waals surface area (Å²) in [6, 6.07) is 0. The molecule has 1 atom stereocenters. The van der Waals surface area contributed by atoms with Gasteiger partial charge in [-0.2, -0.15) is 0 Å². The highest BCUT2D eigenvalue weighted by Gasteiger charge is 2.22. The zero-order valence-corrected chi connectivity index (χ0v) is 32.4. The first-order valence-corrected chi connectivity index (χ1v) is 21.8. The standard InChI is InChI=1S/C43H86N2O2/c1-3-5-7-9-11-13-15-17-19-21-23-25-27-29-31-33-37-45(39-35-42(46)43-41-44-36-40-47-43)38-34-32-30-28-26-24-22-20-18-16-14-12-10-8-6-4-2/h43-44H,3-41H2,1-2H3. The molecule has 0 aromatic rings. The van der Waals surface area contributed by atoms with Gasteiger partial charge in [-0.3, -0.25) is 4.79 Å². The van der Waals surface area contributed by atoms with Crippen LogP contribution in [-0.4, -0.2) is 56.1 Å². The average molecular weight is 663 g/mol. The van der Waals surface area contributed by atoms with E-state index in [1.807, 2.05) is 0 Å². The lowest BCUT2D eigenvalue weighted by Crippen LogP contribution is -2.44. The fourth-order valence-corrected chi connectivity index (χ4v) is 7.30. The summed E-state index contributed by atoms with van der Waals surface area (Å²) in [6.45, 7) is 10.1. The Kier molecular flexibility index (Phi) is 34.9. The molecule has 47 heavy (non-hydrogen) atoms. The van der Waals surface area contributed by atoms with Crippen LogP contribution in [0.15, 0.2) is 0 Å². The molecular weight excluding hydrogens is 576 g/mol. The molecule has 0 bridgehead atoms. The van der Waals surface area contributed by atoms with Crippen molar-refractivity contribution in [3.05, 3.63) is 0 Å². The molecule has 1 unspecified atom stereocenters. The van der Waals surface area contributed by atoms with E-state index in [2.05, 4.69) is 24.1 Å². The van der Waals surface area contributed by atoms with Gasteiger partial charge in [-0.15, -0.1) is 0 Å². The monoisotopic (exact) mass is 663 g/mol. The molecule has 1 aliphatic heterocycles. The molecule has 0 aromatic carbocycles. The van der Waals surface area contributed by atoms with Crippen molar-refractivity contribution >= 4 is 5.78 Å². The van der Waals surface area contributed by atoms with Crippen molar-refractivity contribution < 1.29 is 9.53 Å². The highest BCUT2D eigenvalue weighted by atomic mass is 16.5. The number of carbonyl (C=O) groups excluding carboxylic acids is 1. The molecule has 0 aromatic heterocycles. The fraction of sp³-hybridized carbons (Fsp3) is 0.977. The first kappa shape index (κ1) is 44.6. The minimum absolute atomic E-state index is 0.225. The van der Waals surface area contributed by atoms with Crippen molar-refractivity contribution in [1.29, 1.82) is 0 Å². The summed E-state index contributed by atoms with van der Waals surface area (Å²) in [4.78, 5) is 15.4. The van der Waals surface area contributed by atoms with E-state index in [4.69, 9.17) is 4.74 Å². The van der Waals surface area contributed by atoms with Crippen LogP contribution >= 0.6 is 0 Å². The number of ether oxygens (including phenoxy) is 1. The Bertz CT molecular complexity index is 585. The molecule has 1 heterocycles.